The molecular weight excluding hydrogens is 408 g/mol. The molecule has 0 spiro atoms. The molecule has 2 heterocycles. The normalized spacial score (nSPS) is 15.5. The number of ketones is 2. The Kier molecular flexibility index (Phi) is 7.40. The smallest absolute Gasteiger partial charge is 0.253 e. The Hall–Kier alpha value is -3.06. The number of hydrogen-bond donors (Lipinski definition) is 1. The fourth-order valence-corrected chi connectivity index (χ4v) is 3.90. The van der Waals surface area contributed by atoms with E-state index in [0.717, 1.165) is 11.3 Å². The molecule has 1 aromatic heterocycles. The number of nitrogens with zero attached hydrogens (tertiary/aromatic N) is 2. The highest BCUT2D eigenvalue weighted by molar-refractivity contribution is 6.08. The number of aliphatic hydroxyl groups is 1. The topological polar surface area (TPSA) is 96.8 Å². The molecule has 2 aromatic rings. The average molecular weight is 439 g/mol. The van der Waals surface area contributed by atoms with Gasteiger partial charge in [0, 0.05) is 43.0 Å². The van der Waals surface area contributed by atoms with E-state index < -0.39 is 5.60 Å². The summed E-state index contributed by atoms with van der Waals surface area (Å²) in [6, 6.07) is 8.51. The van der Waals surface area contributed by atoms with Crippen LogP contribution in [0, 0.1) is 6.92 Å². The summed E-state index contributed by atoms with van der Waals surface area (Å²) in [6.45, 7) is 6.51. The van der Waals surface area contributed by atoms with Crippen molar-refractivity contribution >= 4 is 17.5 Å². The number of carbonyl (C=O) groups excluding carboxylic acids is 3. The average Bonchev–Trinajstić information content (AvgIpc) is 2.75. The summed E-state index contributed by atoms with van der Waals surface area (Å²) < 4.78 is 5.73. The molecule has 7 heteroatoms. The maximum absolute atomic E-state index is 12.9. The Morgan fingerprint density at radius 2 is 1.75 bits per heavy atom. The molecular formula is C25H30N2O5. The van der Waals surface area contributed by atoms with Crippen LogP contribution in [0.1, 0.15) is 65.8 Å². The molecule has 1 saturated heterocycles. The summed E-state index contributed by atoms with van der Waals surface area (Å²) in [7, 11) is 0. The number of amides is 1. The van der Waals surface area contributed by atoms with Crippen molar-refractivity contribution < 1.29 is 24.2 Å². The molecule has 32 heavy (non-hydrogen) atoms. The lowest BCUT2D eigenvalue weighted by atomic mass is 9.85. The fraction of sp³-hybridized carbons (Fsp3) is 0.440. The largest absolute Gasteiger partial charge is 0.491 e. The highest BCUT2D eigenvalue weighted by atomic mass is 16.5. The van der Waals surface area contributed by atoms with Crippen LogP contribution in [0.3, 0.4) is 0 Å². The summed E-state index contributed by atoms with van der Waals surface area (Å²) in [5.41, 5.74) is 0.698. The van der Waals surface area contributed by atoms with Crippen molar-refractivity contribution in [1.82, 2.24) is 9.88 Å². The molecule has 1 aliphatic rings. The number of rotatable bonds is 8. The van der Waals surface area contributed by atoms with E-state index in [1.165, 1.54) is 12.4 Å². The Labute approximate surface area is 188 Å². The van der Waals surface area contributed by atoms with Gasteiger partial charge in [0.25, 0.3) is 5.91 Å². The van der Waals surface area contributed by atoms with Gasteiger partial charge in [-0.15, -0.1) is 0 Å². The first kappa shape index (κ1) is 23.6. The molecule has 1 aromatic carbocycles. The van der Waals surface area contributed by atoms with Crippen LogP contribution in [0.2, 0.25) is 0 Å². The second-order valence-electron chi connectivity index (χ2n) is 8.71. The van der Waals surface area contributed by atoms with Crippen molar-refractivity contribution in [1.29, 1.82) is 0 Å². The minimum absolute atomic E-state index is 0.0535. The molecule has 3 rings (SSSR count). The first-order valence-electron chi connectivity index (χ1n) is 10.9. The van der Waals surface area contributed by atoms with Gasteiger partial charge in [-0.2, -0.15) is 0 Å². The molecule has 1 fully saturated rings. The lowest BCUT2D eigenvalue weighted by Gasteiger charge is -2.38. The second kappa shape index (κ2) is 10.0. The van der Waals surface area contributed by atoms with Gasteiger partial charge in [0.1, 0.15) is 11.5 Å². The third-order valence-corrected chi connectivity index (χ3v) is 5.65. The molecule has 1 aliphatic heterocycles. The van der Waals surface area contributed by atoms with E-state index in [2.05, 4.69) is 4.98 Å². The van der Waals surface area contributed by atoms with E-state index in [9.17, 15) is 19.5 Å². The zero-order chi connectivity index (χ0) is 23.3. The van der Waals surface area contributed by atoms with Crippen LogP contribution in [-0.4, -0.2) is 57.3 Å². The van der Waals surface area contributed by atoms with Crippen LogP contribution in [0.4, 0.5) is 0 Å². The van der Waals surface area contributed by atoms with Gasteiger partial charge in [-0.3, -0.25) is 19.4 Å². The van der Waals surface area contributed by atoms with Crippen LogP contribution in [0.15, 0.2) is 42.7 Å². The Balaban J connectivity index is 1.54. The number of pyridine rings is 1. The maximum Gasteiger partial charge on any atom is 0.253 e. The molecule has 0 aliphatic carbocycles. The molecule has 0 saturated carbocycles. The van der Waals surface area contributed by atoms with Crippen molar-refractivity contribution in [2.75, 3.05) is 13.1 Å². The number of piperidine rings is 1. The Morgan fingerprint density at radius 3 is 2.34 bits per heavy atom. The highest BCUT2D eigenvalue weighted by Gasteiger charge is 2.36. The first-order valence-corrected chi connectivity index (χ1v) is 10.9. The van der Waals surface area contributed by atoms with Crippen LogP contribution in [0.25, 0.3) is 0 Å². The number of carbonyl (C=O) groups is 3. The minimum atomic E-state index is -1.20. The first-order chi connectivity index (χ1) is 15.2. The summed E-state index contributed by atoms with van der Waals surface area (Å²) in [5, 5.41) is 10.9. The van der Waals surface area contributed by atoms with Crippen LogP contribution in [0.5, 0.6) is 5.75 Å². The zero-order valence-electron chi connectivity index (χ0n) is 18.8. The second-order valence-corrected chi connectivity index (χ2v) is 8.71. The van der Waals surface area contributed by atoms with Gasteiger partial charge < -0.3 is 14.7 Å². The number of hydrogen-bond acceptors (Lipinski definition) is 6. The van der Waals surface area contributed by atoms with E-state index in [1.54, 1.807) is 29.2 Å². The van der Waals surface area contributed by atoms with Crippen molar-refractivity contribution in [3.8, 4) is 5.75 Å². The van der Waals surface area contributed by atoms with Gasteiger partial charge in [0.15, 0.2) is 5.78 Å². The van der Waals surface area contributed by atoms with E-state index in [1.807, 2.05) is 26.8 Å². The highest BCUT2D eigenvalue weighted by Crippen LogP contribution is 2.28. The number of ether oxygens (including phenoxy) is 1. The predicted molar refractivity (Wildman–Crippen MR) is 120 cm³/mol. The number of Topliss-reactive ketones (excluding diaryl/α,β-unsaturated/α-hetero) is 2. The molecule has 170 valence electrons. The molecule has 0 radical (unpaired) electrons. The lowest BCUT2D eigenvalue weighted by molar-refractivity contribution is -0.124. The van der Waals surface area contributed by atoms with Gasteiger partial charge in [-0.05, 0) is 69.5 Å². The molecule has 1 N–H and O–H groups in total. The lowest BCUT2D eigenvalue weighted by Crippen LogP contribution is -2.47. The van der Waals surface area contributed by atoms with Crippen molar-refractivity contribution in [3.05, 3.63) is 59.4 Å². The summed E-state index contributed by atoms with van der Waals surface area (Å²) in [4.78, 5) is 43.1. The van der Waals surface area contributed by atoms with Gasteiger partial charge in [-0.1, -0.05) is 0 Å². The van der Waals surface area contributed by atoms with Crippen molar-refractivity contribution in [2.45, 2.75) is 58.2 Å². The van der Waals surface area contributed by atoms with Gasteiger partial charge in [-0.25, -0.2) is 0 Å². The molecule has 1 amide bonds. The van der Waals surface area contributed by atoms with Gasteiger partial charge in [0.05, 0.1) is 18.1 Å². The molecule has 0 unspecified atom stereocenters. The van der Waals surface area contributed by atoms with E-state index in [0.29, 0.717) is 37.1 Å². The van der Waals surface area contributed by atoms with Crippen LogP contribution in [-0.2, 0) is 4.79 Å². The van der Waals surface area contributed by atoms with E-state index in [4.69, 9.17) is 4.74 Å². The third kappa shape index (κ3) is 6.01. The molecule has 0 atom stereocenters. The predicted octanol–water partition coefficient (Wildman–Crippen LogP) is 3.38. The standard InChI is InChI=1S/C25H30N2O5/c1-17(2)32-23-5-4-20(14-18(23)3)24(30)27-12-8-25(31,9-13-27)16-21(28)15-22(29)19-6-10-26-11-7-19/h4-7,10-11,14,17,31H,8-9,12-13,15-16H2,1-3H3. The van der Waals surface area contributed by atoms with Crippen molar-refractivity contribution in [2.24, 2.45) is 0 Å². The third-order valence-electron chi connectivity index (χ3n) is 5.65. The molecule has 0 bridgehead atoms. The minimum Gasteiger partial charge on any atom is -0.491 e. The SMILES string of the molecule is Cc1cc(C(=O)N2CCC(O)(CC(=O)CC(=O)c3ccncc3)CC2)ccc1OC(C)C. The maximum atomic E-state index is 12.9. The van der Waals surface area contributed by atoms with E-state index >= 15 is 0 Å². The van der Waals surface area contributed by atoms with Crippen molar-refractivity contribution in [3.63, 3.8) is 0 Å². The zero-order valence-corrected chi connectivity index (χ0v) is 18.8. The fourth-order valence-electron chi connectivity index (χ4n) is 3.90. The van der Waals surface area contributed by atoms with Crippen LogP contribution < -0.4 is 4.74 Å². The summed E-state index contributed by atoms with van der Waals surface area (Å²) >= 11 is 0. The summed E-state index contributed by atoms with van der Waals surface area (Å²) in [6.07, 6.45) is 3.31. The Bertz CT molecular complexity index is 979. The number of aryl methyl sites for hydroxylation is 1. The van der Waals surface area contributed by atoms with E-state index in [-0.39, 0.29) is 36.4 Å². The summed E-state index contributed by atoms with van der Waals surface area (Å²) in [5.74, 6) is 0.0640. The van der Waals surface area contributed by atoms with Crippen LogP contribution >= 0.6 is 0 Å². The monoisotopic (exact) mass is 438 g/mol. The van der Waals surface area contributed by atoms with Gasteiger partial charge >= 0.3 is 0 Å². The molecule has 7 nitrogen and oxygen atoms in total. The number of likely N-dealkylation sites (tertiary alicyclic amines) is 1. The number of aromatic nitrogens is 1. The number of benzene rings is 1. The van der Waals surface area contributed by atoms with Gasteiger partial charge in [0.2, 0.25) is 0 Å². The Morgan fingerprint density at radius 1 is 1.09 bits per heavy atom. The quantitative estimate of drug-likeness (QED) is 0.501.